The highest BCUT2D eigenvalue weighted by Crippen LogP contribution is 1.68. The van der Waals surface area contributed by atoms with Gasteiger partial charge in [-0.2, -0.15) is 0 Å². The lowest BCUT2D eigenvalue weighted by atomic mass is 10.5. The Labute approximate surface area is 65.6 Å². The van der Waals surface area contributed by atoms with E-state index in [0.717, 1.165) is 19.3 Å². The summed E-state index contributed by atoms with van der Waals surface area (Å²) in [4.78, 5) is 9.25. The Morgan fingerprint density at radius 3 is 2.45 bits per heavy atom. The molecule has 4 nitrogen and oxygen atoms in total. The number of carbonyl (C=O) groups is 1. The third kappa shape index (κ3) is 8.71. The van der Waals surface area contributed by atoms with Crippen LogP contribution in [0.4, 0.5) is 0 Å². The predicted octanol–water partition coefficient (Wildman–Crippen LogP) is -0.0926. The van der Waals surface area contributed by atoms with Crippen molar-refractivity contribution in [3.05, 3.63) is 24.9 Å². The Kier molecular flexibility index (Phi) is 6.02. The number of nitrogens with one attached hydrogen (secondary N) is 2. The van der Waals surface area contributed by atoms with Crippen LogP contribution in [0.3, 0.4) is 0 Å². The standard InChI is InChI=1S/C4H8N2.C3H4O2/c1-2-5-4-6-3-1;1-2-3(4)5/h1-2,5-6H,3-4H2;2H,1H2,(H,4,5). The highest BCUT2D eigenvalue weighted by atomic mass is 16.4. The van der Waals surface area contributed by atoms with Crippen molar-refractivity contribution in [1.82, 2.24) is 10.6 Å². The minimum absolute atomic E-state index is 0.833. The van der Waals surface area contributed by atoms with Crippen LogP contribution in [-0.4, -0.2) is 24.3 Å². The molecule has 0 amide bonds. The Bertz CT molecular complexity index is 147. The van der Waals surface area contributed by atoms with Gasteiger partial charge in [0.05, 0.1) is 6.67 Å². The molecule has 0 aromatic rings. The smallest absolute Gasteiger partial charge is 0.327 e. The van der Waals surface area contributed by atoms with Crippen molar-refractivity contribution in [3.8, 4) is 0 Å². The first-order chi connectivity index (χ1) is 5.27. The minimum atomic E-state index is -0.981. The summed E-state index contributed by atoms with van der Waals surface area (Å²) in [5.41, 5.74) is 0. The molecule has 0 atom stereocenters. The summed E-state index contributed by atoms with van der Waals surface area (Å²) in [5, 5.41) is 13.7. The van der Waals surface area contributed by atoms with Gasteiger partial charge in [-0.3, -0.25) is 5.32 Å². The number of hydrogen-bond donors (Lipinski definition) is 3. The molecule has 0 saturated heterocycles. The van der Waals surface area contributed by atoms with Crippen LogP contribution in [0.1, 0.15) is 0 Å². The topological polar surface area (TPSA) is 61.4 Å². The number of aliphatic carboxylic acids is 1. The summed E-state index contributed by atoms with van der Waals surface area (Å²) in [6.07, 6.45) is 4.83. The van der Waals surface area contributed by atoms with Crippen LogP contribution in [0.25, 0.3) is 0 Å². The molecule has 11 heavy (non-hydrogen) atoms. The summed E-state index contributed by atoms with van der Waals surface area (Å²) < 4.78 is 0. The number of carboxylic acid groups (broad SMARTS) is 1. The second kappa shape index (κ2) is 6.82. The van der Waals surface area contributed by atoms with Gasteiger partial charge < -0.3 is 10.4 Å². The number of carboxylic acids is 1. The fourth-order valence-corrected chi connectivity index (χ4v) is 0.429. The first-order valence-electron chi connectivity index (χ1n) is 3.22. The van der Waals surface area contributed by atoms with E-state index >= 15 is 0 Å². The van der Waals surface area contributed by atoms with E-state index in [-0.39, 0.29) is 0 Å². The molecule has 1 aliphatic rings. The van der Waals surface area contributed by atoms with Crippen LogP contribution in [0.2, 0.25) is 0 Å². The van der Waals surface area contributed by atoms with E-state index in [0.29, 0.717) is 0 Å². The van der Waals surface area contributed by atoms with Crippen molar-refractivity contribution in [1.29, 1.82) is 0 Å². The van der Waals surface area contributed by atoms with Crippen LogP contribution in [-0.2, 0) is 4.79 Å². The molecule has 0 aromatic heterocycles. The van der Waals surface area contributed by atoms with Gasteiger partial charge in [-0.25, -0.2) is 4.79 Å². The van der Waals surface area contributed by atoms with Gasteiger partial charge in [-0.05, 0) is 6.20 Å². The molecule has 0 fully saturated rings. The van der Waals surface area contributed by atoms with Crippen molar-refractivity contribution < 1.29 is 9.90 Å². The molecule has 0 spiro atoms. The van der Waals surface area contributed by atoms with Crippen molar-refractivity contribution in [2.75, 3.05) is 13.2 Å². The highest BCUT2D eigenvalue weighted by molar-refractivity contribution is 5.78. The van der Waals surface area contributed by atoms with Gasteiger partial charge in [0.2, 0.25) is 0 Å². The molecule has 0 bridgehead atoms. The lowest BCUT2D eigenvalue weighted by molar-refractivity contribution is -0.131. The fourth-order valence-electron chi connectivity index (χ4n) is 0.429. The third-order valence-corrected chi connectivity index (χ3v) is 0.900. The third-order valence-electron chi connectivity index (χ3n) is 0.900. The van der Waals surface area contributed by atoms with Gasteiger partial charge in [0.15, 0.2) is 0 Å². The Hall–Kier alpha value is -1.29. The largest absolute Gasteiger partial charge is 0.478 e. The lowest BCUT2D eigenvalue weighted by Gasteiger charge is -2.05. The Balaban J connectivity index is 0.000000187. The van der Waals surface area contributed by atoms with E-state index in [4.69, 9.17) is 5.11 Å². The maximum atomic E-state index is 9.25. The maximum absolute atomic E-state index is 9.25. The zero-order chi connectivity index (χ0) is 8.53. The molecule has 1 aliphatic heterocycles. The van der Waals surface area contributed by atoms with Gasteiger partial charge in [0, 0.05) is 12.6 Å². The van der Waals surface area contributed by atoms with Crippen molar-refractivity contribution in [3.63, 3.8) is 0 Å². The van der Waals surface area contributed by atoms with E-state index in [1.165, 1.54) is 0 Å². The average Bonchev–Trinajstić information content (AvgIpc) is 2.09. The van der Waals surface area contributed by atoms with Gasteiger partial charge in [-0.1, -0.05) is 12.7 Å². The molecule has 0 aliphatic carbocycles. The molecule has 1 rings (SSSR count). The predicted molar refractivity (Wildman–Crippen MR) is 43.0 cm³/mol. The molecule has 1 heterocycles. The summed E-state index contributed by atoms with van der Waals surface area (Å²) in [6, 6.07) is 0. The minimum Gasteiger partial charge on any atom is -0.478 e. The van der Waals surface area contributed by atoms with Crippen molar-refractivity contribution >= 4 is 5.97 Å². The zero-order valence-corrected chi connectivity index (χ0v) is 6.21. The molecular weight excluding hydrogens is 144 g/mol. The van der Waals surface area contributed by atoms with E-state index in [1.807, 2.05) is 12.3 Å². The summed E-state index contributed by atoms with van der Waals surface area (Å²) in [7, 11) is 0. The van der Waals surface area contributed by atoms with Crippen molar-refractivity contribution in [2.45, 2.75) is 0 Å². The SMILES string of the molecule is C1=CNCNC1.C=CC(=O)O. The monoisotopic (exact) mass is 156 g/mol. The molecule has 0 saturated carbocycles. The maximum Gasteiger partial charge on any atom is 0.327 e. The summed E-state index contributed by atoms with van der Waals surface area (Å²) >= 11 is 0. The Morgan fingerprint density at radius 2 is 2.36 bits per heavy atom. The van der Waals surface area contributed by atoms with Crippen molar-refractivity contribution in [2.24, 2.45) is 0 Å². The van der Waals surface area contributed by atoms with Gasteiger partial charge in [0.1, 0.15) is 0 Å². The van der Waals surface area contributed by atoms with E-state index in [9.17, 15) is 4.79 Å². The molecule has 0 unspecified atom stereocenters. The van der Waals surface area contributed by atoms with E-state index in [2.05, 4.69) is 17.2 Å². The van der Waals surface area contributed by atoms with Crippen LogP contribution >= 0.6 is 0 Å². The van der Waals surface area contributed by atoms with Crippen LogP contribution < -0.4 is 10.6 Å². The highest BCUT2D eigenvalue weighted by Gasteiger charge is 1.81. The first kappa shape index (κ1) is 9.71. The van der Waals surface area contributed by atoms with Gasteiger partial charge in [0.25, 0.3) is 0 Å². The lowest BCUT2D eigenvalue weighted by Crippen LogP contribution is -2.29. The average molecular weight is 156 g/mol. The van der Waals surface area contributed by atoms with E-state index < -0.39 is 5.97 Å². The second-order valence-corrected chi connectivity index (χ2v) is 1.78. The van der Waals surface area contributed by atoms with Crippen LogP contribution in [0, 0.1) is 0 Å². The van der Waals surface area contributed by atoms with Crippen LogP contribution in [0.5, 0.6) is 0 Å². The normalized spacial score (nSPS) is 13.8. The Morgan fingerprint density at radius 1 is 1.73 bits per heavy atom. The number of rotatable bonds is 1. The summed E-state index contributed by atoms with van der Waals surface area (Å²) in [5.74, 6) is -0.981. The zero-order valence-electron chi connectivity index (χ0n) is 6.21. The molecular formula is C7H12N2O2. The summed E-state index contributed by atoms with van der Waals surface area (Å²) in [6.45, 7) is 4.88. The molecule has 62 valence electrons. The second-order valence-electron chi connectivity index (χ2n) is 1.78. The van der Waals surface area contributed by atoms with Gasteiger partial charge >= 0.3 is 5.97 Å². The molecule has 0 aromatic carbocycles. The molecule has 0 radical (unpaired) electrons. The molecule has 4 heteroatoms. The first-order valence-corrected chi connectivity index (χ1v) is 3.22. The number of hydrogen-bond acceptors (Lipinski definition) is 3. The van der Waals surface area contributed by atoms with Gasteiger partial charge in [-0.15, -0.1) is 0 Å². The van der Waals surface area contributed by atoms with Crippen LogP contribution in [0.15, 0.2) is 24.9 Å². The van der Waals surface area contributed by atoms with E-state index in [1.54, 1.807) is 0 Å². The quantitative estimate of drug-likeness (QED) is 0.464. The fraction of sp³-hybridized carbons (Fsp3) is 0.286. The molecule has 3 N–H and O–H groups in total.